The predicted molar refractivity (Wildman–Crippen MR) is 103 cm³/mol. The van der Waals surface area contributed by atoms with Gasteiger partial charge in [-0.25, -0.2) is 0 Å². The van der Waals surface area contributed by atoms with Gasteiger partial charge in [-0.1, -0.05) is 38.3 Å². The summed E-state index contributed by atoms with van der Waals surface area (Å²) in [5.74, 6) is -0.373. The average Bonchev–Trinajstić information content (AvgIpc) is 3.15. The highest BCUT2D eigenvalue weighted by Gasteiger charge is 2.50. The normalized spacial score (nSPS) is 33.6. The van der Waals surface area contributed by atoms with Crippen LogP contribution in [0.15, 0.2) is 12.2 Å². The molecule has 6 heteroatoms. The van der Waals surface area contributed by atoms with Crippen molar-refractivity contribution in [3.05, 3.63) is 12.2 Å². The van der Waals surface area contributed by atoms with Crippen LogP contribution in [0.2, 0.25) is 0 Å². The van der Waals surface area contributed by atoms with Crippen molar-refractivity contribution in [2.75, 3.05) is 6.61 Å². The summed E-state index contributed by atoms with van der Waals surface area (Å²) in [7, 11) is 0. The van der Waals surface area contributed by atoms with Gasteiger partial charge in [0.25, 0.3) is 0 Å². The zero-order valence-corrected chi connectivity index (χ0v) is 17.1. The molecule has 0 aromatic carbocycles. The maximum atomic E-state index is 11.7. The number of hydrogen-bond acceptors (Lipinski definition) is 6. The Bertz CT molecular complexity index is 553. The number of unbranched alkanes of at least 4 members (excludes halogenated alkanes) is 2. The SMILES string of the molecule is CCCCC[C@@H](/C=C/[C@@H]1[C@H]2CC(=O)O[C@H]2C[C@H]1OC(C)=O)OC1CCCCO1. The molecular formula is C22H34O6. The van der Waals surface area contributed by atoms with Crippen molar-refractivity contribution in [2.45, 2.75) is 96.2 Å². The molecule has 3 rings (SSSR count). The second kappa shape index (κ2) is 10.4. The molecule has 2 heterocycles. The lowest BCUT2D eigenvalue weighted by atomic mass is 9.91. The standard InChI is InChI=1S/C22H34O6/c1-3-4-5-8-16(27-22-9-6-7-12-25-22)10-11-17-18-13-21(24)28-20(18)14-19(17)26-15(2)23/h10-11,16-20,22H,3-9,12-14H2,1-2H3/b11-10+/t16-,17+,18+,19+,20-,22?/m0/s1. The molecule has 0 amide bonds. The molecule has 0 aromatic rings. The monoisotopic (exact) mass is 394 g/mol. The topological polar surface area (TPSA) is 71.1 Å². The molecular weight excluding hydrogens is 360 g/mol. The number of carbonyl (C=O) groups is 2. The Morgan fingerprint density at radius 3 is 2.89 bits per heavy atom. The van der Waals surface area contributed by atoms with E-state index >= 15 is 0 Å². The van der Waals surface area contributed by atoms with Crippen molar-refractivity contribution >= 4 is 11.9 Å². The van der Waals surface area contributed by atoms with E-state index in [9.17, 15) is 9.59 Å². The molecule has 28 heavy (non-hydrogen) atoms. The summed E-state index contributed by atoms with van der Waals surface area (Å²) in [4.78, 5) is 23.2. The van der Waals surface area contributed by atoms with E-state index in [0.717, 1.165) is 45.1 Å². The van der Waals surface area contributed by atoms with Crippen LogP contribution < -0.4 is 0 Å². The fourth-order valence-electron chi connectivity index (χ4n) is 4.57. The molecule has 6 nitrogen and oxygen atoms in total. The van der Waals surface area contributed by atoms with Crippen LogP contribution in [0.3, 0.4) is 0 Å². The van der Waals surface area contributed by atoms with Crippen LogP contribution in [0.1, 0.15) is 71.6 Å². The van der Waals surface area contributed by atoms with Crippen LogP contribution in [0.5, 0.6) is 0 Å². The Balaban J connectivity index is 1.66. The van der Waals surface area contributed by atoms with Gasteiger partial charge in [-0.2, -0.15) is 0 Å². The van der Waals surface area contributed by atoms with E-state index in [1.165, 1.54) is 13.3 Å². The molecule has 0 spiro atoms. The van der Waals surface area contributed by atoms with Gasteiger partial charge in [0.15, 0.2) is 6.29 Å². The molecule has 0 radical (unpaired) electrons. The third kappa shape index (κ3) is 5.80. The second-order valence-corrected chi connectivity index (χ2v) is 8.21. The maximum Gasteiger partial charge on any atom is 0.306 e. The van der Waals surface area contributed by atoms with Crippen LogP contribution >= 0.6 is 0 Å². The van der Waals surface area contributed by atoms with Crippen molar-refractivity contribution < 1.29 is 28.5 Å². The third-order valence-corrected chi connectivity index (χ3v) is 5.97. The van der Waals surface area contributed by atoms with E-state index in [4.69, 9.17) is 18.9 Å². The molecule has 1 unspecified atom stereocenters. The zero-order chi connectivity index (χ0) is 19.9. The Kier molecular flexibility index (Phi) is 7.91. The van der Waals surface area contributed by atoms with Gasteiger partial charge in [-0.15, -0.1) is 0 Å². The van der Waals surface area contributed by atoms with Crippen LogP contribution in [-0.2, 0) is 28.5 Å². The lowest BCUT2D eigenvalue weighted by Gasteiger charge is -2.27. The Morgan fingerprint density at radius 2 is 2.18 bits per heavy atom. The van der Waals surface area contributed by atoms with Crippen LogP contribution in [0.4, 0.5) is 0 Å². The van der Waals surface area contributed by atoms with E-state index in [2.05, 4.69) is 19.1 Å². The number of hydrogen-bond donors (Lipinski definition) is 0. The first kappa shape index (κ1) is 21.3. The van der Waals surface area contributed by atoms with E-state index in [1.807, 2.05) is 0 Å². The first-order chi connectivity index (χ1) is 13.6. The summed E-state index contributed by atoms with van der Waals surface area (Å²) >= 11 is 0. The van der Waals surface area contributed by atoms with E-state index in [-0.39, 0.29) is 48.4 Å². The molecule has 6 atom stereocenters. The molecule has 158 valence electrons. The van der Waals surface area contributed by atoms with E-state index in [1.54, 1.807) is 0 Å². The summed E-state index contributed by atoms with van der Waals surface area (Å²) in [5, 5.41) is 0. The van der Waals surface area contributed by atoms with Crippen molar-refractivity contribution in [3.8, 4) is 0 Å². The smallest absolute Gasteiger partial charge is 0.306 e. The van der Waals surface area contributed by atoms with Crippen LogP contribution in [-0.4, -0.2) is 43.1 Å². The molecule has 0 bridgehead atoms. The summed E-state index contributed by atoms with van der Waals surface area (Å²) in [6, 6.07) is 0. The van der Waals surface area contributed by atoms with Gasteiger partial charge in [0.1, 0.15) is 12.2 Å². The highest BCUT2D eigenvalue weighted by Crippen LogP contribution is 2.43. The lowest BCUT2D eigenvalue weighted by molar-refractivity contribution is -0.179. The second-order valence-electron chi connectivity index (χ2n) is 8.21. The molecule has 3 aliphatic rings. The van der Waals surface area contributed by atoms with Crippen molar-refractivity contribution in [3.63, 3.8) is 0 Å². The molecule has 2 aliphatic heterocycles. The molecule has 0 aromatic heterocycles. The van der Waals surface area contributed by atoms with Gasteiger partial charge in [0.2, 0.25) is 0 Å². The van der Waals surface area contributed by atoms with Gasteiger partial charge in [0.05, 0.1) is 12.5 Å². The minimum atomic E-state index is -0.291. The average molecular weight is 395 g/mol. The molecule has 2 saturated heterocycles. The van der Waals surface area contributed by atoms with Crippen molar-refractivity contribution in [1.29, 1.82) is 0 Å². The van der Waals surface area contributed by atoms with Gasteiger partial charge in [-0.3, -0.25) is 9.59 Å². The maximum absolute atomic E-state index is 11.7. The summed E-state index contributed by atoms with van der Waals surface area (Å²) < 4.78 is 22.9. The first-order valence-electron chi connectivity index (χ1n) is 10.9. The first-order valence-corrected chi connectivity index (χ1v) is 10.9. The summed E-state index contributed by atoms with van der Waals surface area (Å²) in [5.41, 5.74) is 0. The van der Waals surface area contributed by atoms with Crippen LogP contribution in [0, 0.1) is 11.8 Å². The number of ether oxygens (including phenoxy) is 4. The predicted octanol–water partition coefficient (Wildman–Crippen LogP) is 3.92. The van der Waals surface area contributed by atoms with E-state index in [0.29, 0.717) is 12.8 Å². The van der Waals surface area contributed by atoms with Gasteiger partial charge >= 0.3 is 11.9 Å². The van der Waals surface area contributed by atoms with Crippen molar-refractivity contribution in [2.24, 2.45) is 11.8 Å². The number of rotatable bonds is 9. The zero-order valence-electron chi connectivity index (χ0n) is 17.1. The third-order valence-electron chi connectivity index (χ3n) is 5.97. The Labute approximate surface area is 167 Å². The molecule has 1 aliphatic carbocycles. The number of fused-ring (bicyclic) bond motifs is 1. The van der Waals surface area contributed by atoms with Crippen LogP contribution in [0.25, 0.3) is 0 Å². The van der Waals surface area contributed by atoms with E-state index < -0.39 is 0 Å². The molecule has 3 fully saturated rings. The molecule has 0 N–H and O–H groups in total. The van der Waals surface area contributed by atoms with Gasteiger partial charge in [0, 0.05) is 31.8 Å². The highest BCUT2D eigenvalue weighted by atomic mass is 16.7. The van der Waals surface area contributed by atoms with Gasteiger partial charge < -0.3 is 18.9 Å². The Morgan fingerprint density at radius 1 is 1.32 bits per heavy atom. The fourth-order valence-corrected chi connectivity index (χ4v) is 4.57. The Hall–Kier alpha value is -1.40. The summed E-state index contributed by atoms with van der Waals surface area (Å²) in [6.45, 7) is 4.38. The minimum Gasteiger partial charge on any atom is -0.462 e. The highest BCUT2D eigenvalue weighted by molar-refractivity contribution is 5.72. The molecule has 1 saturated carbocycles. The van der Waals surface area contributed by atoms with Gasteiger partial charge in [-0.05, 0) is 25.7 Å². The minimum absolute atomic E-state index is 0.00935. The quantitative estimate of drug-likeness (QED) is 0.335. The summed E-state index contributed by atoms with van der Waals surface area (Å²) in [6.07, 6.45) is 12.2. The fraction of sp³-hybridized carbons (Fsp3) is 0.818. The largest absolute Gasteiger partial charge is 0.462 e. The lowest BCUT2D eigenvalue weighted by Crippen LogP contribution is -2.28. The number of carbonyl (C=O) groups excluding carboxylic acids is 2. The number of esters is 2. The van der Waals surface area contributed by atoms with Crippen molar-refractivity contribution in [1.82, 2.24) is 0 Å².